The number of aromatic nitrogens is 1. The van der Waals surface area contributed by atoms with E-state index in [1.54, 1.807) is 5.32 Å². The molecule has 1 aromatic rings. The fourth-order valence-electron chi connectivity index (χ4n) is 1.09. The summed E-state index contributed by atoms with van der Waals surface area (Å²) in [5.74, 6) is -4.08. The second-order valence-corrected chi connectivity index (χ2v) is 3.96. The number of carboxylic acid groups (broad SMARTS) is 1. The van der Waals surface area contributed by atoms with Gasteiger partial charge in [0.15, 0.2) is 0 Å². The Morgan fingerprint density at radius 3 is 2.33 bits per heavy atom. The van der Waals surface area contributed by atoms with Crippen LogP contribution < -0.4 is 5.32 Å². The summed E-state index contributed by atoms with van der Waals surface area (Å²) in [6, 6.07) is 0.943. The molecule has 0 aliphatic heterocycles. The van der Waals surface area contributed by atoms with Crippen LogP contribution in [0.2, 0.25) is 0 Å². The first-order valence-electron chi connectivity index (χ1n) is 4.64. The lowest BCUT2D eigenvalue weighted by Crippen LogP contribution is -2.47. The van der Waals surface area contributed by atoms with Gasteiger partial charge in [-0.1, -0.05) is 5.16 Å². The zero-order valence-electron chi connectivity index (χ0n) is 9.33. The number of alkyl halides is 3. The fraction of sp³-hybridized carbons (Fsp3) is 0.444. The van der Waals surface area contributed by atoms with Crippen LogP contribution in [-0.2, 0) is 10.3 Å². The number of nitrogens with zero attached hydrogens (tertiary/aromatic N) is 1. The summed E-state index contributed by atoms with van der Waals surface area (Å²) in [7, 11) is 0. The van der Waals surface area contributed by atoms with E-state index in [2.05, 4.69) is 9.68 Å². The molecule has 0 atom stereocenters. The smallest absolute Gasteiger partial charge is 0.471 e. The highest BCUT2D eigenvalue weighted by atomic mass is 19.4. The molecular formula is C9H9F3N2O4. The first-order valence-corrected chi connectivity index (χ1v) is 4.64. The normalized spacial score (nSPS) is 12.3. The standard InChI is InChI=1S/C9H9F3N2O4/c1-8(2,13-7(17)9(10,11)12)5-3-4(6(15)16)18-14-5/h3H,1-2H3,(H,13,17)(H,15,16). The summed E-state index contributed by atoms with van der Waals surface area (Å²) in [4.78, 5) is 21.3. The van der Waals surface area contributed by atoms with Crippen molar-refractivity contribution < 1.29 is 32.4 Å². The molecule has 0 unspecified atom stereocenters. The van der Waals surface area contributed by atoms with Crippen LogP contribution in [0.4, 0.5) is 13.2 Å². The number of carbonyl (C=O) groups is 2. The van der Waals surface area contributed by atoms with Gasteiger partial charge in [-0.2, -0.15) is 13.2 Å². The second kappa shape index (κ2) is 4.31. The molecule has 100 valence electrons. The highest BCUT2D eigenvalue weighted by Crippen LogP contribution is 2.23. The van der Waals surface area contributed by atoms with Crippen molar-refractivity contribution >= 4 is 11.9 Å². The van der Waals surface area contributed by atoms with Crippen LogP contribution in [0.25, 0.3) is 0 Å². The lowest BCUT2D eigenvalue weighted by molar-refractivity contribution is -0.175. The number of carboxylic acids is 1. The molecule has 0 aliphatic carbocycles. The van der Waals surface area contributed by atoms with Crippen LogP contribution in [0, 0.1) is 0 Å². The lowest BCUT2D eigenvalue weighted by atomic mass is 10.0. The van der Waals surface area contributed by atoms with Crippen LogP contribution in [-0.4, -0.2) is 28.3 Å². The summed E-state index contributed by atoms with van der Waals surface area (Å²) < 4.78 is 40.6. The number of halogens is 3. The third kappa shape index (κ3) is 2.99. The molecule has 18 heavy (non-hydrogen) atoms. The van der Waals surface area contributed by atoms with Gasteiger partial charge in [-0.15, -0.1) is 0 Å². The van der Waals surface area contributed by atoms with Gasteiger partial charge in [0.05, 0.1) is 5.54 Å². The van der Waals surface area contributed by atoms with E-state index in [1.807, 2.05) is 0 Å². The summed E-state index contributed by atoms with van der Waals surface area (Å²) in [6.07, 6.45) is -5.03. The third-order valence-corrected chi connectivity index (χ3v) is 2.04. The molecule has 0 spiro atoms. The average Bonchev–Trinajstić information content (AvgIpc) is 2.64. The molecule has 1 aromatic heterocycles. The van der Waals surface area contributed by atoms with Crippen molar-refractivity contribution in [2.24, 2.45) is 0 Å². The van der Waals surface area contributed by atoms with Gasteiger partial charge < -0.3 is 14.9 Å². The Balaban J connectivity index is 2.92. The molecular weight excluding hydrogens is 257 g/mol. The molecule has 0 bridgehead atoms. The Morgan fingerprint density at radius 2 is 1.94 bits per heavy atom. The summed E-state index contributed by atoms with van der Waals surface area (Å²) >= 11 is 0. The molecule has 6 nitrogen and oxygen atoms in total. The van der Waals surface area contributed by atoms with Crippen molar-refractivity contribution in [1.82, 2.24) is 10.5 Å². The number of rotatable bonds is 3. The predicted octanol–water partition coefficient (Wildman–Crippen LogP) is 1.29. The van der Waals surface area contributed by atoms with E-state index in [4.69, 9.17) is 5.11 Å². The molecule has 0 aromatic carbocycles. The molecule has 0 saturated heterocycles. The summed E-state index contributed by atoms with van der Waals surface area (Å²) in [5.41, 5.74) is -1.64. The van der Waals surface area contributed by atoms with Gasteiger partial charge in [0.1, 0.15) is 5.69 Å². The minimum absolute atomic E-state index is 0.127. The Kier molecular flexibility index (Phi) is 3.36. The van der Waals surface area contributed by atoms with E-state index >= 15 is 0 Å². The van der Waals surface area contributed by atoms with Gasteiger partial charge in [0.25, 0.3) is 0 Å². The van der Waals surface area contributed by atoms with E-state index in [0.29, 0.717) is 0 Å². The largest absolute Gasteiger partial charge is 0.475 e. The van der Waals surface area contributed by atoms with Crippen LogP contribution in [0.5, 0.6) is 0 Å². The van der Waals surface area contributed by atoms with Gasteiger partial charge in [-0.25, -0.2) is 4.79 Å². The Bertz CT molecular complexity index is 478. The van der Waals surface area contributed by atoms with Gasteiger partial charge in [0, 0.05) is 6.07 Å². The number of nitrogens with one attached hydrogen (secondary N) is 1. The quantitative estimate of drug-likeness (QED) is 0.859. The van der Waals surface area contributed by atoms with Crippen molar-refractivity contribution in [3.05, 3.63) is 17.5 Å². The van der Waals surface area contributed by atoms with E-state index in [1.165, 1.54) is 13.8 Å². The van der Waals surface area contributed by atoms with E-state index in [0.717, 1.165) is 6.07 Å². The minimum atomic E-state index is -5.03. The molecule has 0 fully saturated rings. The molecule has 2 N–H and O–H groups in total. The maximum absolute atomic E-state index is 12.1. The van der Waals surface area contributed by atoms with E-state index in [-0.39, 0.29) is 5.69 Å². The predicted molar refractivity (Wildman–Crippen MR) is 50.7 cm³/mol. The minimum Gasteiger partial charge on any atom is -0.475 e. The first-order chi connectivity index (χ1) is 8.04. The van der Waals surface area contributed by atoms with E-state index < -0.39 is 29.4 Å². The maximum atomic E-state index is 12.1. The average molecular weight is 266 g/mol. The fourth-order valence-corrected chi connectivity index (χ4v) is 1.09. The van der Waals surface area contributed by atoms with Crippen molar-refractivity contribution in [1.29, 1.82) is 0 Å². The zero-order chi connectivity index (χ0) is 14.1. The monoisotopic (exact) mass is 266 g/mol. The van der Waals surface area contributed by atoms with Crippen molar-refractivity contribution in [2.75, 3.05) is 0 Å². The van der Waals surface area contributed by atoms with Gasteiger partial charge in [-0.05, 0) is 13.8 Å². The molecule has 0 aliphatic rings. The van der Waals surface area contributed by atoms with Crippen molar-refractivity contribution in [3.63, 3.8) is 0 Å². The zero-order valence-corrected chi connectivity index (χ0v) is 9.33. The Labute approximate surface area is 98.8 Å². The highest BCUT2D eigenvalue weighted by molar-refractivity contribution is 5.84. The molecule has 9 heteroatoms. The molecule has 1 rings (SSSR count). The third-order valence-electron chi connectivity index (χ3n) is 2.04. The van der Waals surface area contributed by atoms with Gasteiger partial charge >= 0.3 is 18.1 Å². The highest BCUT2D eigenvalue weighted by Gasteiger charge is 2.42. The second-order valence-electron chi connectivity index (χ2n) is 3.96. The Morgan fingerprint density at radius 1 is 1.39 bits per heavy atom. The first kappa shape index (κ1) is 14.0. The number of carbonyl (C=O) groups excluding carboxylic acids is 1. The maximum Gasteiger partial charge on any atom is 0.471 e. The topological polar surface area (TPSA) is 92.4 Å². The van der Waals surface area contributed by atoms with Crippen LogP contribution in [0.3, 0.4) is 0 Å². The summed E-state index contributed by atoms with van der Waals surface area (Å²) in [5, 5.41) is 13.6. The Hall–Kier alpha value is -2.06. The molecule has 0 saturated carbocycles. The van der Waals surface area contributed by atoms with Crippen LogP contribution in [0.15, 0.2) is 10.6 Å². The molecule has 1 amide bonds. The van der Waals surface area contributed by atoms with Crippen molar-refractivity contribution in [3.8, 4) is 0 Å². The number of hydrogen-bond acceptors (Lipinski definition) is 4. The van der Waals surface area contributed by atoms with E-state index in [9.17, 15) is 22.8 Å². The summed E-state index contributed by atoms with van der Waals surface area (Å²) in [6.45, 7) is 2.47. The number of aromatic carboxylic acids is 1. The van der Waals surface area contributed by atoms with Gasteiger partial charge in [-0.3, -0.25) is 4.79 Å². The molecule has 1 heterocycles. The molecule has 0 radical (unpaired) electrons. The number of amides is 1. The van der Waals surface area contributed by atoms with Crippen LogP contribution in [0.1, 0.15) is 30.1 Å². The number of hydrogen-bond donors (Lipinski definition) is 2. The van der Waals surface area contributed by atoms with Crippen LogP contribution >= 0.6 is 0 Å². The lowest BCUT2D eigenvalue weighted by Gasteiger charge is -2.24. The van der Waals surface area contributed by atoms with Crippen molar-refractivity contribution in [2.45, 2.75) is 25.6 Å². The van der Waals surface area contributed by atoms with Gasteiger partial charge in [0.2, 0.25) is 5.76 Å². The SMILES string of the molecule is CC(C)(NC(=O)C(F)(F)F)c1cc(C(=O)O)on1.